The van der Waals surface area contributed by atoms with Crippen LogP contribution in [0.3, 0.4) is 0 Å². The highest BCUT2D eigenvalue weighted by Gasteiger charge is 2.40. The van der Waals surface area contributed by atoms with Crippen molar-refractivity contribution < 1.29 is 19.5 Å². The van der Waals surface area contributed by atoms with E-state index in [2.05, 4.69) is 18.8 Å². The van der Waals surface area contributed by atoms with Crippen LogP contribution in [0.5, 0.6) is 0 Å². The van der Waals surface area contributed by atoms with Crippen molar-refractivity contribution in [2.24, 2.45) is 17.3 Å². The molecule has 0 unspecified atom stereocenters. The Morgan fingerprint density at radius 2 is 1.81 bits per heavy atom. The number of aromatic carboxylic acids is 1. The monoisotopic (exact) mass is 529 g/mol. The Balaban J connectivity index is 2.07. The molecule has 204 valence electrons. The fourth-order valence-corrected chi connectivity index (χ4v) is 5.88. The van der Waals surface area contributed by atoms with Crippen molar-refractivity contribution in [1.29, 1.82) is 0 Å². The zero-order valence-corrected chi connectivity index (χ0v) is 24.1. The molecule has 2 amide bonds. The van der Waals surface area contributed by atoms with Gasteiger partial charge in [0.05, 0.1) is 10.6 Å². The number of carboxylic acids is 1. The van der Waals surface area contributed by atoms with Gasteiger partial charge in [-0.2, -0.15) is 0 Å². The first-order valence-corrected chi connectivity index (χ1v) is 14.4. The first kappa shape index (κ1) is 29.2. The standard InChI is InChI=1S/C29H43N3O4S/c1-20-10-12-21(13-11-20)26(33)32(23-9-7-8-16-31(27(23)34)18-17-30(5)6)24-19-22(14-15-29(2,3)4)37-25(24)28(35)36/h19-21,23H,7-13,16-18H2,1-6H3,(H,35,36)/t20-,21-,23-/m1/s1. The molecule has 1 aromatic heterocycles. The highest BCUT2D eigenvalue weighted by molar-refractivity contribution is 7.15. The number of carbonyl (C=O) groups is 3. The summed E-state index contributed by atoms with van der Waals surface area (Å²) in [5.41, 5.74) is 0.0820. The summed E-state index contributed by atoms with van der Waals surface area (Å²) in [5.74, 6) is 5.37. The topological polar surface area (TPSA) is 81.2 Å². The number of amides is 2. The Morgan fingerprint density at radius 1 is 1.14 bits per heavy atom. The lowest BCUT2D eigenvalue weighted by Crippen LogP contribution is -2.53. The summed E-state index contributed by atoms with van der Waals surface area (Å²) in [6.07, 6.45) is 5.69. The third-order valence-electron chi connectivity index (χ3n) is 7.21. The molecular formula is C29H43N3O4S. The van der Waals surface area contributed by atoms with E-state index in [9.17, 15) is 19.5 Å². The van der Waals surface area contributed by atoms with Gasteiger partial charge in [0, 0.05) is 31.0 Å². The molecule has 1 aliphatic heterocycles. The van der Waals surface area contributed by atoms with Crippen LogP contribution in [0.2, 0.25) is 0 Å². The maximum absolute atomic E-state index is 14.2. The Morgan fingerprint density at radius 3 is 2.41 bits per heavy atom. The minimum absolute atomic E-state index is 0.0765. The van der Waals surface area contributed by atoms with Gasteiger partial charge in [-0.25, -0.2) is 4.79 Å². The van der Waals surface area contributed by atoms with E-state index >= 15 is 0 Å². The van der Waals surface area contributed by atoms with Gasteiger partial charge in [-0.05, 0) is 91.8 Å². The summed E-state index contributed by atoms with van der Waals surface area (Å²) in [4.78, 5) is 46.6. The van der Waals surface area contributed by atoms with Gasteiger partial charge in [0.25, 0.3) is 0 Å². The van der Waals surface area contributed by atoms with Gasteiger partial charge in [-0.15, -0.1) is 11.3 Å². The molecule has 0 radical (unpaired) electrons. The molecule has 7 nitrogen and oxygen atoms in total. The van der Waals surface area contributed by atoms with E-state index in [1.807, 2.05) is 44.7 Å². The van der Waals surface area contributed by atoms with Crippen molar-refractivity contribution >= 4 is 34.8 Å². The molecule has 8 heteroatoms. The van der Waals surface area contributed by atoms with Crippen LogP contribution in [-0.4, -0.2) is 72.5 Å². The van der Waals surface area contributed by atoms with Crippen LogP contribution in [0.4, 0.5) is 5.69 Å². The van der Waals surface area contributed by atoms with Crippen molar-refractivity contribution in [1.82, 2.24) is 9.80 Å². The molecule has 0 aromatic carbocycles. The van der Waals surface area contributed by atoms with Gasteiger partial charge >= 0.3 is 5.97 Å². The second-order valence-electron chi connectivity index (χ2n) is 11.9. The number of carbonyl (C=O) groups excluding carboxylic acids is 2. The normalized spacial score (nSPS) is 22.8. The zero-order chi connectivity index (χ0) is 27.3. The second-order valence-corrected chi connectivity index (χ2v) is 13.0. The molecule has 1 atom stereocenters. The van der Waals surface area contributed by atoms with Crippen molar-refractivity contribution in [2.75, 3.05) is 38.6 Å². The fourth-order valence-electron chi connectivity index (χ4n) is 5.04. The Bertz CT molecular complexity index is 1040. The Kier molecular flexibility index (Phi) is 9.82. The molecule has 1 aromatic rings. The Labute approximate surface area is 226 Å². The number of hydrogen-bond donors (Lipinski definition) is 1. The highest BCUT2D eigenvalue weighted by Crippen LogP contribution is 2.37. The van der Waals surface area contributed by atoms with Crippen LogP contribution in [0, 0.1) is 29.1 Å². The smallest absolute Gasteiger partial charge is 0.348 e. The molecule has 1 saturated heterocycles. The number of hydrogen-bond acceptors (Lipinski definition) is 5. The number of nitrogens with zero attached hydrogens (tertiary/aromatic N) is 3. The maximum Gasteiger partial charge on any atom is 0.348 e. The number of likely N-dealkylation sites (tertiary alicyclic amines) is 1. The van der Waals surface area contributed by atoms with Crippen molar-refractivity contribution in [3.63, 3.8) is 0 Å². The number of likely N-dealkylation sites (N-methyl/N-ethyl adjacent to an activating group) is 1. The first-order chi connectivity index (χ1) is 17.4. The summed E-state index contributed by atoms with van der Waals surface area (Å²) in [7, 11) is 3.95. The van der Waals surface area contributed by atoms with Gasteiger partial charge in [-0.3, -0.25) is 14.5 Å². The lowest BCUT2D eigenvalue weighted by atomic mass is 9.82. The summed E-state index contributed by atoms with van der Waals surface area (Å²) >= 11 is 1.09. The molecule has 37 heavy (non-hydrogen) atoms. The maximum atomic E-state index is 14.2. The van der Waals surface area contributed by atoms with Gasteiger partial charge in [0.1, 0.15) is 10.9 Å². The molecule has 0 spiro atoms. The molecular weight excluding hydrogens is 486 g/mol. The highest BCUT2D eigenvalue weighted by atomic mass is 32.1. The molecule has 2 fully saturated rings. The molecule has 2 heterocycles. The summed E-state index contributed by atoms with van der Waals surface area (Å²) in [5, 5.41) is 10.1. The van der Waals surface area contributed by atoms with Gasteiger partial charge < -0.3 is 14.9 Å². The number of thiophene rings is 1. The van der Waals surface area contributed by atoms with E-state index in [-0.39, 0.29) is 28.0 Å². The zero-order valence-electron chi connectivity index (χ0n) is 23.3. The van der Waals surface area contributed by atoms with Crippen molar-refractivity contribution in [3.8, 4) is 11.8 Å². The van der Waals surface area contributed by atoms with Gasteiger partial charge in [-0.1, -0.05) is 18.8 Å². The average Bonchev–Trinajstić information content (AvgIpc) is 3.16. The largest absolute Gasteiger partial charge is 0.477 e. The minimum atomic E-state index is -1.09. The summed E-state index contributed by atoms with van der Waals surface area (Å²) in [6.45, 7) is 10.2. The van der Waals surface area contributed by atoms with Crippen LogP contribution in [0.1, 0.15) is 87.2 Å². The van der Waals surface area contributed by atoms with Crippen molar-refractivity contribution in [2.45, 2.75) is 78.7 Å². The van der Waals surface area contributed by atoms with E-state index in [0.29, 0.717) is 36.0 Å². The van der Waals surface area contributed by atoms with Crippen LogP contribution < -0.4 is 4.90 Å². The van der Waals surface area contributed by atoms with Crippen LogP contribution in [0.25, 0.3) is 0 Å². The summed E-state index contributed by atoms with van der Waals surface area (Å²) < 4.78 is 0. The number of anilines is 1. The summed E-state index contributed by atoms with van der Waals surface area (Å²) in [6, 6.07) is 1.02. The third kappa shape index (κ3) is 7.81. The minimum Gasteiger partial charge on any atom is -0.477 e. The van der Waals surface area contributed by atoms with E-state index in [4.69, 9.17) is 0 Å². The predicted molar refractivity (Wildman–Crippen MR) is 149 cm³/mol. The lowest BCUT2D eigenvalue weighted by Gasteiger charge is -2.36. The van der Waals surface area contributed by atoms with Crippen LogP contribution in [0.15, 0.2) is 6.07 Å². The fraction of sp³-hybridized carbons (Fsp3) is 0.690. The quantitative estimate of drug-likeness (QED) is 0.506. The van der Waals surface area contributed by atoms with Crippen LogP contribution >= 0.6 is 11.3 Å². The van der Waals surface area contributed by atoms with E-state index in [1.54, 1.807) is 11.0 Å². The molecule has 0 bridgehead atoms. The second kappa shape index (κ2) is 12.4. The lowest BCUT2D eigenvalue weighted by molar-refractivity contribution is -0.135. The molecule has 1 aliphatic carbocycles. The number of rotatable bonds is 7. The first-order valence-electron chi connectivity index (χ1n) is 13.5. The van der Waals surface area contributed by atoms with E-state index in [1.165, 1.54) is 0 Å². The van der Waals surface area contributed by atoms with E-state index < -0.39 is 12.0 Å². The molecule has 1 saturated carbocycles. The molecule has 1 N–H and O–H groups in total. The average molecular weight is 530 g/mol. The predicted octanol–water partition coefficient (Wildman–Crippen LogP) is 4.95. The SMILES string of the molecule is CN(C)CCN1CCCC[C@@H](N(c2cc(C#CC(C)(C)C)sc2C(=O)O)C(=O)[C@H]2CC[C@H](C)CC2)C1=O. The Hall–Kier alpha value is -2.37. The van der Waals surface area contributed by atoms with Gasteiger partial charge in [0.15, 0.2) is 0 Å². The van der Waals surface area contributed by atoms with Crippen LogP contribution in [-0.2, 0) is 9.59 Å². The molecule has 2 aliphatic rings. The third-order valence-corrected chi connectivity index (χ3v) is 8.24. The van der Waals surface area contributed by atoms with Crippen molar-refractivity contribution in [3.05, 3.63) is 15.8 Å². The molecule has 3 rings (SSSR count). The van der Waals surface area contributed by atoms with Gasteiger partial charge in [0.2, 0.25) is 11.8 Å². The number of carboxylic acid groups (broad SMARTS) is 1. The van der Waals surface area contributed by atoms with E-state index in [0.717, 1.165) is 56.4 Å².